The molecule has 1 aliphatic carbocycles. The van der Waals surface area contributed by atoms with Gasteiger partial charge in [-0.3, -0.25) is 10.1 Å². The summed E-state index contributed by atoms with van der Waals surface area (Å²) in [6, 6.07) is 5.45. The molecule has 1 aromatic heterocycles. The lowest BCUT2D eigenvalue weighted by atomic mass is 10.0. The zero-order chi connectivity index (χ0) is 23.6. The van der Waals surface area contributed by atoms with Gasteiger partial charge < -0.3 is 9.64 Å². The van der Waals surface area contributed by atoms with E-state index in [1.807, 2.05) is 0 Å². The number of carbonyl (C=O) groups is 2. The van der Waals surface area contributed by atoms with Crippen molar-refractivity contribution in [1.82, 2.24) is 20.2 Å². The van der Waals surface area contributed by atoms with Crippen LogP contribution in [0.1, 0.15) is 42.6 Å². The van der Waals surface area contributed by atoms with Crippen molar-refractivity contribution in [2.45, 2.75) is 38.0 Å². The van der Waals surface area contributed by atoms with E-state index in [0.29, 0.717) is 29.5 Å². The van der Waals surface area contributed by atoms with Gasteiger partial charge in [-0.1, -0.05) is 13.0 Å². The quantitative estimate of drug-likeness (QED) is 0.522. The predicted molar refractivity (Wildman–Crippen MR) is 117 cm³/mol. The number of nitrogens with one attached hydrogen (secondary N) is 1. The van der Waals surface area contributed by atoms with Crippen molar-refractivity contribution in [2.75, 3.05) is 18.9 Å². The first kappa shape index (κ1) is 23.1. The van der Waals surface area contributed by atoms with Crippen LogP contribution in [0.15, 0.2) is 30.6 Å². The third-order valence-electron chi connectivity index (χ3n) is 5.57. The Bertz CT molecular complexity index is 1170. The molecule has 1 atom stereocenters. The molecular formula is C22H25FN4O5S. The molecule has 1 aliphatic heterocycles. The summed E-state index contributed by atoms with van der Waals surface area (Å²) in [5.41, 5.74) is 1.41. The zero-order valence-corrected chi connectivity index (χ0v) is 19.0. The summed E-state index contributed by atoms with van der Waals surface area (Å²) in [4.78, 5) is 32.4. The maximum absolute atomic E-state index is 14.1. The zero-order valence-electron chi connectivity index (χ0n) is 18.2. The summed E-state index contributed by atoms with van der Waals surface area (Å²) in [5.74, 6) is -1.06. The summed E-state index contributed by atoms with van der Waals surface area (Å²) in [6.07, 6.45) is 3.41. The van der Waals surface area contributed by atoms with Crippen LogP contribution in [0.5, 0.6) is 5.75 Å². The van der Waals surface area contributed by atoms with Crippen LogP contribution in [0.4, 0.5) is 9.18 Å². The smallest absolute Gasteiger partial charge is 0.324 e. The normalized spacial score (nSPS) is 17.2. The Morgan fingerprint density at radius 1 is 1.21 bits per heavy atom. The van der Waals surface area contributed by atoms with Crippen LogP contribution in [-0.2, 0) is 26.9 Å². The molecule has 1 aromatic carbocycles. The maximum atomic E-state index is 14.1. The number of nitrogens with zero attached hydrogens (tertiary/aromatic N) is 3. The first-order valence-electron chi connectivity index (χ1n) is 10.7. The van der Waals surface area contributed by atoms with E-state index in [1.165, 1.54) is 23.4 Å². The minimum atomic E-state index is -3.56. The summed E-state index contributed by atoms with van der Waals surface area (Å²) in [7, 11) is -3.56. The van der Waals surface area contributed by atoms with Crippen LogP contribution in [-0.4, -0.2) is 54.1 Å². The van der Waals surface area contributed by atoms with Crippen molar-refractivity contribution in [3.63, 3.8) is 0 Å². The van der Waals surface area contributed by atoms with Crippen molar-refractivity contribution in [3.8, 4) is 5.75 Å². The molecule has 2 heterocycles. The average Bonchev–Trinajstić information content (AvgIpc) is 3.51. The Morgan fingerprint density at radius 2 is 1.97 bits per heavy atom. The lowest BCUT2D eigenvalue weighted by Gasteiger charge is -2.15. The number of halogens is 1. The minimum Gasteiger partial charge on any atom is -0.490 e. The molecule has 0 unspecified atom stereocenters. The van der Waals surface area contributed by atoms with Crippen LogP contribution >= 0.6 is 0 Å². The number of amides is 3. The number of urea groups is 1. The highest BCUT2D eigenvalue weighted by Gasteiger charge is 2.27. The van der Waals surface area contributed by atoms with Crippen LogP contribution in [0.3, 0.4) is 0 Å². The molecule has 1 N–H and O–H groups in total. The van der Waals surface area contributed by atoms with Gasteiger partial charge in [-0.25, -0.2) is 27.6 Å². The summed E-state index contributed by atoms with van der Waals surface area (Å²) in [5, 5.41) is 2.18. The van der Waals surface area contributed by atoms with Gasteiger partial charge in [-0.05, 0) is 48.4 Å². The lowest BCUT2D eigenvalue weighted by Crippen LogP contribution is -2.28. The number of hydrogen-bond donors (Lipinski definition) is 1. The Morgan fingerprint density at radius 3 is 2.67 bits per heavy atom. The van der Waals surface area contributed by atoms with Crippen LogP contribution in [0, 0.1) is 11.7 Å². The van der Waals surface area contributed by atoms with Crippen LogP contribution in [0.25, 0.3) is 0 Å². The molecule has 2 aliphatic rings. The van der Waals surface area contributed by atoms with Crippen molar-refractivity contribution in [1.29, 1.82) is 0 Å². The van der Waals surface area contributed by atoms with Gasteiger partial charge in [0.05, 0.1) is 36.0 Å². The molecule has 4 rings (SSSR count). The molecule has 33 heavy (non-hydrogen) atoms. The van der Waals surface area contributed by atoms with Crippen LogP contribution in [0.2, 0.25) is 0 Å². The van der Waals surface area contributed by atoms with E-state index in [9.17, 15) is 22.4 Å². The van der Waals surface area contributed by atoms with Gasteiger partial charge in [0.1, 0.15) is 12.9 Å². The highest BCUT2D eigenvalue weighted by atomic mass is 32.2. The number of hydrogen-bond acceptors (Lipinski definition) is 7. The van der Waals surface area contributed by atoms with Gasteiger partial charge in [-0.15, -0.1) is 0 Å². The number of carbonyl (C=O) groups excluding carboxylic acids is 2. The number of rotatable bonds is 10. The number of sulfone groups is 1. The van der Waals surface area contributed by atoms with E-state index in [-0.39, 0.29) is 36.3 Å². The van der Waals surface area contributed by atoms with Crippen molar-refractivity contribution in [2.24, 2.45) is 5.92 Å². The second kappa shape index (κ2) is 9.42. The highest BCUT2D eigenvalue weighted by molar-refractivity contribution is 7.90. The summed E-state index contributed by atoms with van der Waals surface area (Å²) >= 11 is 0. The molecular weight excluding hydrogens is 451 g/mol. The number of aromatic nitrogens is 2. The van der Waals surface area contributed by atoms with E-state index >= 15 is 0 Å². The molecule has 1 saturated carbocycles. The number of ether oxygens (including phenoxy) is 1. The Kier molecular flexibility index (Phi) is 6.59. The van der Waals surface area contributed by atoms with Crippen molar-refractivity contribution >= 4 is 21.8 Å². The number of imide groups is 1. The lowest BCUT2D eigenvalue weighted by molar-refractivity contribution is -0.118. The Hall–Kier alpha value is -3.08. The van der Waals surface area contributed by atoms with Gasteiger partial charge in [0.2, 0.25) is 5.91 Å². The summed E-state index contributed by atoms with van der Waals surface area (Å²) < 4.78 is 45.3. The molecule has 0 bridgehead atoms. The van der Waals surface area contributed by atoms with E-state index in [1.54, 1.807) is 19.1 Å². The molecule has 2 aromatic rings. The highest BCUT2D eigenvalue weighted by Crippen LogP contribution is 2.31. The van der Waals surface area contributed by atoms with E-state index in [0.717, 1.165) is 12.8 Å². The molecule has 1 saturated heterocycles. The maximum Gasteiger partial charge on any atom is 0.324 e. The molecule has 11 heteroatoms. The largest absolute Gasteiger partial charge is 0.490 e. The molecule has 3 amide bonds. The monoisotopic (exact) mass is 476 g/mol. The van der Waals surface area contributed by atoms with E-state index < -0.39 is 27.6 Å². The van der Waals surface area contributed by atoms with Gasteiger partial charge in [0, 0.05) is 0 Å². The van der Waals surface area contributed by atoms with Gasteiger partial charge >= 0.3 is 6.03 Å². The average molecular weight is 477 g/mol. The SMILES string of the molecule is C[C@@H](CS(=O)(=O)Cc1cc(CN2CC(=O)NC2=O)ncn1)c1ccc(F)c(OCC2CC2)c1. The molecule has 176 valence electrons. The Balaban J connectivity index is 1.39. The fraction of sp³-hybridized carbons (Fsp3) is 0.455. The second-order valence-corrected chi connectivity index (χ2v) is 10.7. The summed E-state index contributed by atoms with van der Waals surface area (Å²) in [6.45, 7) is 2.24. The first-order valence-corrected chi connectivity index (χ1v) is 12.5. The van der Waals surface area contributed by atoms with Crippen molar-refractivity contribution in [3.05, 3.63) is 53.4 Å². The number of benzene rings is 1. The van der Waals surface area contributed by atoms with E-state index in [4.69, 9.17) is 4.74 Å². The topological polar surface area (TPSA) is 119 Å². The molecule has 9 nitrogen and oxygen atoms in total. The third-order valence-corrected chi connectivity index (χ3v) is 7.31. The third kappa shape index (κ3) is 6.25. The fourth-order valence-corrected chi connectivity index (χ4v) is 5.29. The van der Waals surface area contributed by atoms with Gasteiger partial charge in [0.25, 0.3) is 0 Å². The Labute approximate surface area is 191 Å². The fourth-order valence-electron chi connectivity index (χ4n) is 3.61. The van der Waals surface area contributed by atoms with Gasteiger partial charge in [0.15, 0.2) is 21.4 Å². The first-order chi connectivity index (χ1) is 15.7. The van der Waals surface area contributed by atoms with E-state index in [2.05, 4.69) is 15.3 Å². The van der Waals surface area contributed by atoms with Crippen molar-refractivity contribution < 1.29 is 27.1 Å². The van der Waals surface area contributed by atoms with Crippen LogP contribution < -0.4 is 10.1 Å². The second-order valence-electron chi connectivity index (χ2n) is 8.61. The van der Waals surface area contributed by atoms with Gasteiger partial charge in [-0.2, -0.15) is 0 Å². The predicted octanol–water partition coefficient (Wildman–Crippen LogP) is 2.17. The molecule has 2 fully saturated rings. The molecule has 0 spiro atoms. The molecule has 0 radical (unpaired) electrons. The standard InChI is InChI=1S/C22H25FN4O5S/c1-14(16-4-5-19(23)20(6-16)32-10-15-2-3-15)11-33(30,31)12-18-7-17(24-13-25-18)8-27-9-21(28)26-22(27)29/h4-7,13-15H,2-3,8-12H2,1H3,(H,26,28,29)/t14-/m0/s1. The minimum absolute atomic E-state index is 0.0714.